The first kappa shape index (κ1) is 13.2. The van der Waals surface area contributed by atoms with E-state index in [0.717, 1.165) is 24.5 Å². The van der Waals surface area contributed by atoms with E-state index in [2.05, 4.69) is 31.9 Å². The number of nitrogens with two attached hydrogens (primary N) is 1. The lowest BCUT2D eigenvalue weighted by atomic mass is 9.89. The summed E-state index contributed by atoms with van der Waals surface area (Å²) in [6.07, 6.45) is 2.60. The van der Waals surface area contributed by atoms with E-state index in [1.54, 1.807) is 0 Å². The summed E-state index contributed by atoms with van der Waals surface area (Å²) in [4.78, 5) is 2.39. The molecule has 1 aliphatic heterocycles. The van der Waals surface area contributed by atoms with Gasteiger partial charge in [-0.15, -0.1) is 0 Å². The number of hydrogen-bond acceptors (Lipinski definition) is 3. The third-order valence-corrected chi connectivity index (χ3v) is 3.56. The van der Waals surface area contributed by atoms with Gasteiger partial charge in [0.2, 0.25) is 0 Å². The number of ether oxygens (including phenoxy) is 1. The van der Waals surface area contributed by atoms with Gasteiger partial charge in [-0.3, -0.25) is 0 Å². The van der Waals surface area contributed by atoms with Crippen LogP contribution in [0.4, 0.5) is 5.69 Å². The molecule has 0 atom stereocenters. The van der Waals surface area contributed by atoms with Crippen LogP contribution in [0.2, 0.25) is 0 Å². The van der Waals surface area contributed by atoms with E-state index >= 15 is 0 Å². The van der Waals surface area contributed by atoms with Gasteiger partial charge in [0.1, 0.15) is 5.75 Å². The Labute approximate surface area is 110 Å². The highest BCUT2D eigenvalue weighted by molar-refractivity contribution is 5.50. The van der Waals surface area contributed by atoms with E-state index in [1.807, 2.05) is 12.1 Å². The van der Waals surface area contributed by atoms with Crippen LogP contribution in [0.25, 0.3) is 0 Å². The van der Waals surface area contributed by atoms with Crippen LogP contribution in [0, 0.1) is 0 Å². The first-order valence-corrected chi connectivity index (χ1v) is 6.81. The highest BCUT2D eigenvalue weighted by Gasteiger charge is 2.21. The number of rotatable bonds is 3. The van der Waals surface area contributed by atoms with Gasteiger partial charge in [-0.1, -0.05) is 6.07 Å². The fourth-order valence-electron chi connectivity index (χ4n) is 2.56. The molecule has 0 aromatic heterocycles. The summed E-state index contributed by atoms with van der Waals surface area (Å²) in [6.45, 7) is 6.44. The van der Waals surface area contributed by atoms with Crippen LogP contribution in [-0.2, 0) is 0 Å². The minimum absolute atomic E-state index is 0.191. The first-order chi connectivity index (χ1) is 8.56. The quantitative estimate of drug-likeness (QED) is 0.836. The van der Waals surface area contributed by atoms with E-state index in [1.165, 1.54) is 18.4 Å². The van der Waals surface area contributed by atoms with Crippen LogP contribution >= 0.6 is 0 Å². The van der Waals surface area contributed by atoms with Crippen molar-refractivity contribution >= 4 is 5.69 Å². The molecule has 1 aromatic rings. The predicted molar refractivity (Wildman–Crippen MR) is 76.1 cm³/mol. The molecule has 3 nitrogen and oxygen atoms in total. The molecule has 1 aromatic carbocycles. The summed E-state index contributed by atoms with van der Waals surface area (Å²) in [5.41, 5.74) is 7.97. The normalized spacial score (nSPS) is 18.2. The predicted octanol–water partition coefficient (Wildman–Crippen LogP) is 2.87. The zero-order valence-electron chi connectivity index (χ0n) is 11.6. The van der Waals surface area contributed by atoms with Crippen LogP contribution in [0.5, 0.6) is 5.75 Å². The van der Waals surface area contributed by atoms with Crippen molar-refractivity contribution in [2.45, 2.75) is 38.7 Å². The van der Waals surface area contributed by atoms with Crippen molar-refractivity contribution in [1.29, 1.82) is 0 Å². The molecule has 0 unspecified atom stereocenters. The van der Waals surface area contributed by atoms with Crippen molar-refractivity contribution < 1.29 is 4.74 Å². The Balaban J connectivity index is 2.20. The van der Waals surface area contributed by atoms with Crippen molar-refractivity contribution in [3.05, 3.63) is 23.8 Å². The molecule has 2 N–H and O–H groups in total. The van der Waals surface area contributed by atoms with Gasteiger partial charge in [0.15, 0.2) is 0 Å². The molecule has 0 bridgehead atoms. The third-order valence-electron chi connectivity index (χ3n) is 3.56. The monoisotopic (exact) mass is 248 g/mol. The van der Waals surface area contributed by atoms with Gasteiger partial charge in [-0.2, -0.15) is 0 Å². The zero-order valence-corrected chi connectivity index (χ0v) is 11.6. The number of benzene rings is 1. The number of nitrogen functional groups attached to an aromatic ring is 1. The molecule has 2 rings (SSSR count). The van der Waals surface area contributed by atoms with Crippen molar-refractivity contribution in [2.24, 2.45) is 0 Å². The van der Waals surface area contributed by atoms with Crippen LogP contribution in [-0.4, -0.2) is 31.1 Å². The molecule has 1 saturated heterocycles. The maximum Gasteiger partial charge on any atom is 0.125 e. The molecule has 3 heteroatoms. The Hall–Kier alpha value is -1.22. The third kappa shape index (κ3) is 3.16. The van der Waals surface area contributed by atoms with Gasteiger partial charge in [-0.25, -0.2) is 0 Å². The lowest BCUT2D eigenvalue weighted by molar-refractivity contribution is 0.227. The summed E-state index contributed by atoms with van der Waals surface area (Å²) >= 11 is 0. The van der Waals surface area contributed by atoms with Crippen LogP contribution in [0.1, 0.15) is 38.2 Å². The molecule has 100 valence electrons. The van der Waals surface area contributed by atoms with E-state index in [-0.39, 0.29) is 6.10 Å². The number of hydrogen-bond donors (Lipinski definition) is 1. The molecule has 0 amide bonds. The van der Waals surface area contributed by atoms with Crippen molar-refractivity contribution in [2.75, 3.05) is 25.9 Å². The smallest absolute Gasteiger partial charge is 0.125 e. The lowest BCUT2D eigenvalue weighted by Crippen LogP contribution is -2.29. The summed E-state index contributed by atoms with van der Waals surface area (Å²) in [5, 5.41) is 0. The van der Waals surface area contributed by atoms with Crippen molar-refractivity contribution in [3.63, 3.8) is 0 Å². The summed E-state index contributed by atoms with van der Waals surface area (Å²) in [7, 11) is 2.19. The maximum absolute atomic E-state index is 5.91. The molecule has 1 aliphatic rings. The number of anilines is 1. The summed E-state index contributed by atoms with van der Waals surface area (Å²) in [6, 6.07) is 6.09. The molecular formula is C15H24N2O. The molecule has 0 radical (unpaired) electrons. The summed E-state index contributed by atoms with van der Waals surface area (Å²) < 4.78 is 5.91. The van der Waals surface area contributed by atoms with E-state index in [4.69, 9.17) is 10.5 Å². The fourth-order valence-corrected chi connectivity index (χ4v) is 2.56. The number of likely N-dealkylation sites (tertiary alicyclic amines) is 1. The standard InChI is InChI=1S/C15H24N2O/c1-11(2)18-15-10-13(16)4-5-14(15)12-6-8-17(3)9-7-12/h4-5,10-12H,6-9,16H2,1-3H3. The molecule has 0 saturated carbocycles. The Kier molecular flexibility index (Phi) is 4.12. The minimum atomic E-state index is 0.191. The highest BCUT2D eigenvalue weighted by atomic mass is 16.5. The number of piperidine rings is 1. The van der Waals surface area contributed by atoms with Crippen molar-refractivity contribution in [3.8, 4) is 5.75 Å². The second-order valence-electron chi connectivity index (χ2n) is 5.54. The van der Waals surface area contributed by atoms with Crippen LogP contribution in [0.3, 0.4) is 0 Å². The zero-order chi connectivity index (χ0) is 13.1. The van der Waals surface area contributed by atoms with Gasteiger partial charge in [0, 0.05) is 11.8 Å². The van der Waals surface area contributed by atoms with Crippen molar-refractivity contribution in [1.82, 2.24) is 4.90 Å². The SMILES string of the molecule is CC(C)Oc1cc(N)ccc1C1CCN(C)CC1. The van der Waals surface area contributed by atoms with Gasteiger partial charge < -0.3 is 15.4 Å². The highest BCUT2D eigenvalue weighted by Crippen LogP contribution is 2.35. The van der Waals surface area contributed by atoms with E-state index < -0.39 is 0 Å². The van der Waals surface area contributed by atoms with E-state index in [9.17, 15) is 0 Å². The minimum Gasteiger partial charge on any atom is -0.491 e. The average Bonchev–Trinajstić information content (AvgIpc) is 2.30. The molecular weight excluding hydrogens is 224 g/mol. The molecule has 1 fully saturated rings. The second-order valence-corrected chi connectivity index (χ2v) is 5.54. The molecule has 18 heavy (non-hydrogen) atoms. The Morgan fingerprint density at radius 1 is 1.28 bits per heavy atom. The Bertz CT molecular complexity index is 395. The maximum atomic E-state index is 5.91. The molecule has 0 aliphatic carbocycles. The largest absolute Gasteiger partial charge is 0.491 e. The van der Waals surface area contributed by atoms with Crippen LogP contribution in [0.15, 0.2) is 18.2 Å². The summed E-state index contributed by atoms with van der Waals surface area (Å²) in [5.74, 6) is 1.58. The topological polar surface area (TPSA) is 38.5 Å². The first-order valence-electron chi connectivity index (χ1n) is 6.81. The second kappa shape index (κ2) is 5.61. The average molecular weight is 248 g/mol. The van der Waals surface area contributed by atoms with Crippen LogP contribution < -0.4 is 10.5 Å². The van der Waals surface area contributed by atoms with Gasteiger partial charge in [0.25, 0.3) is 0 Å². The lowest BCUT2D eigenvalue weighted by Gasteiger charge is -2.30. The molecule has 0 spiro atoms. The molecule has 1 heterocycles. The Morgan fingerprint density at radius 2 is 1.94 bits per heavy atom. The van der Waals surface area contributed by atoms with Gasteiger partial charge in [-0.05, 0) is 64.4 Å². The van der Waals surface area contributed by atoms with Gasteiger partial charge in [0.05, 0.1) is 6.10 Å². The fraction of sp³-hybridized carbons (Fsp3) is 0.600. The number of nitrogens with zero attached hydrogens (tertiary/aromatic N) is 1. The van der Waals surface area contributed by atoms with Gasteiger partial charge >= 0.3 is 0 Å². The Morgan fingerprint density at radius 3 is 2.56 bits per heavy atom. The van der Waals surface area contributed by atoms with E-state index in [0.29, 0.717) is 5.92 Å².